The quantitative estimate of drug-likeness (QED) is 0.671. The van der Waals surface area contributed by atoms with Crippen LogP contribution in [0.4, 0.5) is 0 Å². The summed E-state index contributed by atoms with van der Waals surface area (Å²) in [6, 6.07) is 5.70. The molecule has 108 valence electrons. The van der Waals surface area contributed by atoms with Crippen molar-refractivity contribution in [2.75, 3.05) is 40.6 Å². The minimum Gasteiger partial charge on any atom is -0.493 e. The van der Waals surface area contributed by atoms with E-state index < -0.39 is 0 Å². The molecule has 1 aromatic rings. The summed E-state index contributed by atoms with van der Waals surface area (Å²) >= 11 is 6.21. The number of hydrogen-bond donors (Lipinski definition) is 1. The Morgan fingerprint density at radius 3 is 2.63 bits per heavy atom. The van der Waals surface area contributed by atoms with Crippen molar-refractivity contribution in [3.05, 3.63) is 28.8 Å². The van der Waals surface area contributed by atoms with E-state index in [4.69, 9.17) is 25.8 Å². The number of rotatable bonds is 10. The molecule has 0 saturated heterocycles. The van der Waals surface area contributed by atoms with Gasteiger partial charge in [-0.3, -0.25) is 0 Å². The minimum atomic E-state index is 0.624. The molecule has 0 fully saturated rings. The van der Waals surface area contributed by atoms with Gasteiger partial charge in [-0.25, -0.2) is 0 Å². The maximum Gasteiger partial charge on any atom is 0.125 e. The summed E-state index contributed by atoms with van der Waals surface area (Å²) in [7, 11) is 3.37. The Hall–Kier alpha value is -0.810. The third kappa shape index (κ3) is 6.25. The molecule has 4 nitrogen and oxygen atoms in total. The fourth-order valence-corrected chi connectivity index (χ4v) is 1.85. The maximum absolute atomic E-state index is 6.21. The van der Waals surface area contributed by atoms with E-state index >= 15 is 0 Å². The van der Waals surface area contributed by atoms with Crippen molar-refractivity contribution in [1.29, 1.82) is 0 Å². The number of ether oxygens (including phenoxy) is 3. The molecule has 1 N–H and O–H groups in total. The highest BCUT2D eigenvalue weighted by atomic mass is 35.5. The highest BCUT2D eigenvalue weighted by molar-refractivity contribution is 6.31. The lowest BCUT2D eigenvalue weighted by atomic mass is 10.2. The summed E-state index contributed by atoms with van der Waals surface area (Å²) in [6.07, 6.45) is 0.861. The van der Waals surface area contributed by atoms with Gasteiger partial charge in [-0.05, 0) is 12.1 Å². The minimum absolute atomic E-state index is 0.624. The predicted octanol–water partition coefficient (Wildman–Crippen LogP) is 2.49. The molecule has 0 aromatic heterocycles. The Kier molecular flexibility index (Phi) is 8.58. The van der Waals surface area contributed by atoms with Crippen molar-refractivity contribution < 1.29 is 14.2 Å². The van der Waals surface area contributed by atoms with Crippen molar-refractivity contribution in [3.63, 3.8) is 0 Å². The first-order valence-electron chi connectivity index (χ1n) is 6.38. The molecule has 0 amide bonds. The second kappa shape index (κ2) is 10.0. The van der Waals surface area contributed by atoms with E-state index in [0.717, 1.165) is 24.3 Å². The summed E-state index contributed by atoms with van der Waals surface area (Å²) in [6.45, 7) is 3.45. The molecule has 0 radical (unpaired) electrons. The topological polar surface area (TPSA) is 39.7 Å². The van der Waals surface area contributed by atoms with Crippen LogP contribution >= 0.6 is 11.6 Å². The Bertz CT molecular complexity index is 361. The monoisotopic (exact) mass is 287 g/mol. The SMILES string of the molecule is COCCCOc1cccc(Cl)c1CNCCOC. The molecule has 1 aromatic carbocycles. The molecule has 19 heavy (non-hydrogen) atoms. The standard InChI is InChI=1S/C14H22ClNO3/c1-17-8-4-9-19-14-6-3-5-13(15)12(14)11-16-7-10-18-2/h3,5-6,16H,4,7-11H2,1-2H3. The van der Waals surface area contributed by atoms with Gasteiger partial charge in [-0.2, -0.15) is 0 Å². The summed E-state index contributed by atoms with van der Waals surface area (Å²) < 4.78 is 15.7. The van der Waals surface area contributed by atoms with E-state index in [1.165, 1.54) is 0 Å². The lowest BCUT2D eigenvalue weighted by Gasteiger charge is -2.13. The lowest BCUT2D eigenvalue weighted by molar-refractivity contribution is 0.171. The summed E-state index contributed by atoms with van der Waals surface area (Å²) in [4.78, 5) is 0. The van der Waals surface area contributed by atoms with E-state index in [0.29, 0.717) is 31.4 Å². The van der Waals surface area contributed by atoms with Crippen molar-refractivity contribution in [3.8, 4) is 5.75 Å². The maximum atomic E-state index is 6.21. The smallest absolute Gasteiger partial charge is 0.125 e. The van der Waals surface area contributed by atoms with Crippen LogP contribution in [0.1, 0.15) is 12.0 Å². The Labute approximate surface area is 120 Å². The highest BCUT2D eigenvalue weighted by Crippen LogP contribution is 2.26. The van der Waals surface area contributed by atoms with Gasteiger partial charge in [0.25, 0.3) is 0 Å². The molecule has 0 spiro atoms. The number of benzene rings is 1. The van der Waals surface area contributed by atoms with Crippen LogP contribution < -0.4 is 10.1 Å². The van der Waals surface area contributed by atoms with Crippen molar-refractivity contribution in [2.24, 2.45) is 0 Å². The van der Waals surface area contributed by atoms with Gasteiger partial charge < -0.3 is 19.5 Å². The Balaban J connectivity index is 2.51. The molecule has 0 saturated carbocycles. The molecule has 0 aliphatic rings. The molecule has 0 unspecified atom stereocenters. The van der Waals surface area contributed by atoms with Crippen LogP contribution in [0.2, 0.25) is 5.02 Å². The zero-order valence-electron chi connectivity index (χ0n) is 11.6. The van der Waals surface area contributed by atoms with Crippen molar-refractivity contribution >= 4 is 11.6 Å². The van der Waals surface area contributed by atoms with Gasteiger partial charge in [0.05, 0.1) is 13.2 Å². The molecule has 0 aliphatic carbocycles. The van der Waals surface area contributed by atoms with Gasteiger partial charge in [-0.1, -0.05) is 17.7 Å². The largest absolute Gasteiger partial charge is 0.493 e. The number of methoxy groups -OCH3 is 2. The third-order valence-electron chi connectivity index (χ3n) is 2.61. The number of halogens is 1. The van der Waals surface area contributed by atoms with Crippen LogP contribution in [-0.2, 0) is 16.0 Å². The van der Waals surface area contributed by atoms with Gasteiger partial charge in [0, 0.05) is 50.9 Å². The van der Waals surface area contributed by atoms with Crippen molar-refractivity contribution in [1.82, 2.24) is 5.32 Å². The van der Waals surface area contributed by atoms with Crippen LogP contribution in [0, 0.1) is 0 Å². The first kappa shape index (κ1) is 16.2. The fraction of sp³-hybridized carbons (Fsp3) is 0.571. The van der Waals surface area contributed by atoms with Gasteiger partial charge in [0.1, 0.15) is 5.75 Å². The molecule has 0 atom stereocenters. The van der Waals surface area contributed by atoms with E-state index in [2.05, 4.69) is 5.32 Å². The van der Waals surface area contributed by atoms with Crippen LogP contribution in [0.25, 0.3) is 0 Å². The highest BCUT2D eigenvalue weighted by Gasteiger charge is 2.07. The van der Waals surface area contributed by atoms with Gasteiger partial charge in [0.2, 0.25) is 0 Å². The molecule has 1 rings (SSSR count). The van der Waals surface area contributed by atoms with Crippen LogP contribution in [0.3, 0.4) is 0 Å². The number of hydrogen-bond acceptors (Lipinski definition) is 4. The zero-order chi connectivity index (χ0) is 13.9. The molecular weight excluding hydrogens is 266 g/mol. The molecule has 5 heteroatoms. The van der Waals surface area contributed by atoms with E-state index in [1.54, 1.807) is 14.2 Å². The summed E-state index contributed by atoms with van der Waals surface area (Å²) in [5.41, 5.74) is 0.984. The number of nitrogens with one attached hydrogen (secondary N) is 1. The first-order chi connectivity index (χ1) is 9.29. The third-order valence-corrected chi connectivity index (χ3v) is 2.97. The normalized spacial score (nSPS) is 10.7. The first-order valence-corrected chi connectivity index (χ1v) is 6.76. The second-order valence-corrected chi connectivity index (χ2v) is 4.49. The summed E-state index contributed by atoms with van der Waals surface area (Å²) in [5.74, 6) is 0.827. The van der Waals surface area contributed by atoms with Crippen LogP contribution in [0.5, 0.6) is 5.75 Å². The zero-order valence-corrected chi connectivity index (χ0v) is 12.3. The fourth-order valence-electron chi connectivity index (χ4n) is 1.62. The lowest BCUT2D eigenvalue weighted by Crippen LogP contribution is -2.19. The Morgan fingerprint density at radius 1 is 1.11 bits per heavy atom. The molecule has 0 bridgehead atoms. The average Bonchev–Trinajstić information content (AvgIpc) is 2.42. The second-order valence-electron chi connectivity index (χ2n) is 4.08. The van der Waals surface area contributed by atoms with Gasteiger partial charge >= 0.3 is 0 Å². The van der Waals surface area contributed by atoms with E-state index in [-0.39, 0.29) is 0 Å². The Morgan fingerprint density at radius 2 is 1.89 bits per heavy atom. The predicted molar refractivity (Wildman–Crippen MR) is 77.0 cm³/mol. The van der Waals surface area contributed by atoms with Gasteiger partial charge in [-0.15, -0.1) is 0 Å². The molecule has 0 aliphatic heterocycles. The van der Waals surface area contributed by atoms with Crippen LogP contribution in [0.15, 0.2) is 18.2 Å². The molecule has 0 heterocycles. The van der Waals surface area contributed by atoms with Crippen molar-refractivity contribution in [2.45, 2.75) is 13.0 Å². The van der Waals surface area contributed by atoms with E-state index in [9.17, 15) is 0 Å². The molecular formula is C14H22ClNO3. The average molecular weight is 288 g/mol. The van der Waals surface area contributed by atoms with E-state index in [1.807, 2.05) is 18.2 Å². The summed E-state index contributed by atoms with van der Waals surface area (Å²) in [5, 5.41) is 3.99. The van der Waals surface area contributed by atoms with Gasteiger partial charge in [0.15, 0.2) is 0 Å². The van der Waals surface area contributed by atoms with Crippen LogP contribution in [-0.4, -0.2) is 40.6 Å².